The van der Waals surface area contributed by atoms with E-state index < -0.39 is 0 Å². The molecule has 0 aromatic carbocycles. The maximum Gasteiger partial charge on any atom is 0.185 e. The second kappa shape index (κ2) is 4.79. The molecular weight excluding hydrogens is 196 g/mol. The molecule has 1 heterocycles. The maximum atomic E-state index is 4.15. The summed E-state index contributed by atoms with van der Waals surface area (Å²) in [5.41, 5.74) is 0. The average molecular weight is 212 g/mol. The number of aryl methyl sites for hydroxylation is 1. The molecule has 1 aliphatic rings. The smallest absolute Gasteiger partial charge is 0.185 e. The molecule has 1 aliphatic carbocycles. The van der Waals surface area contributed by atoms with Gasteiger partial charge in [-0.15, -0.1) is 0 Å². The minimum atomic E-state index is 0.967. The molecule has 1 aromatic heterocycles. The number of nitrogens with zero attached hydrogens (tertiary/aromatic N) is 3. The molecule has 1 N–H and O–H groups in total. The summed E-state index contributed by atoms with van der Waals surface area (Å²) in [6.45, 7) is 2.26. The van der Waals surface area contributed by atoms with Gasteiger partial charge in [-0.2, -0.15) is 5.10 Å². The molecule has 0 radical (unpaired) electrons. The van der Waals surface area contributed by atoms with Gasteiger partial charge in [-0.3, -0.25) is 0 Å². The molecule has 78 valence electrons. The quantitative estimate of drug-likeness (QED) is 0.562. The van der Waals surface area contributed by atoms with Crippen LogP contribution in [0.15, 0.2) is 11.5 Å². The van der Waals surface area contributed by atoms with Crippen LogP contribution in [0.1, 0.15) is 12.8 Å². The largest absolute Gasteiger partial charge is 0.316 e. The predicted molar refractivity (Wildman–Crippen MR) is 57.3 cm³/mol. The third-order valence-corrected chi connectivity index (χ3v) is 3.35. The van der Waals surface area contributed by atoms with E-state index in [1.165, 1.54) is 19.4 Å². The zero-order valence-electron chi connectivity index (χ0n) is 8.44. The van der Waals surface area contributed by atoms with Gasteiger partial charge in [0, 0.05) is 19.3 Å². The summed E-state index contributed by atoms with van der Waals surface area (Å²) < 4.78 is 1.81. The number of hydrogen-bond donors (Lipinski definition) is 1. The Morgan fingerprint density at radius 1 is 1.64 bits per heavy atom. The highest BCUT2D eigenvalue weighted by molar-refractivity contribution is 7.99. The van der Waals surface area contributed by atoms with Crippen molar-refractivity contribution in [2.75, 3.05) is 18.8 Å². The fourth-order valence-corrected chi connectivity index (χ4v) is 2.04. The molecule has 0 amide bonds. The lowest BCUT2D eigenvalue weighted by Gasteiger charge is -2.02. The van der Waals surface area contributed by atoms with Crippen LogP contribution in [0.3, 0.4) is 0 Å². The fourth-order valence-electron chi connectivity index (χ4n) is 1.26. The first kappa shape index (κ1) is 9.98. The Labute approximate surface area is 88.5 Å². The minimum absolute atomic E-state index is 0.967. The SMILES string of the molecule is Cn1ncnc1SCCNCC1CC1. The molecule has 14 heavy (non-hydrogen) atoms. The van der Waals surface area contributed by atoms with Gasteiger partial charge in [-0.05, 0) is 25.3 Å². The lowest BCUT2D eigenvalue weighted by molar-refractivity contribution is 0.661. The van der Waals surface area contributed by atoms with Crippen LogP contribution in [0, 0.1) is 5.92 Å². The van der Waals surface area contributed by atoms with E-state index >= 15 is 0 Å². The van der Waals surface area contributed by atoms with Crippen molar-refractivity contribution in [3.8, 4) is 0 Å². The average Bonchev–Trinajstić information content (AvgIpc) is 2.91. The third-order valence-electron chi connectivity index (χ3n) is 2.31. The van der Waals surface area contributed by atoms with Crippen LogP contribution in [0.4, 0.5) is 0 Å². The molecule has 0 unspecified atom stereocenters. The number of thioether (sulfide) groups is 1. The Hall–Kier alpha value is -0.550. The van der Waals surface area contributed by atoms with Crippen molar-refractivity contribution < 1.29 is 0 Å². The standard InChI is InChI=1S/C9H16N4S/c1-13-9(11-7-12-13)14-5-4-10-6-8-2-3-8/h7-8,10H,2-6H2,1H3. The summed E-state index contributed by atoms with van der Waals surface area (Å²) in [7, 11) is 1.92. The van der Waals surface area contributed by atoms with Crippen LogP contribution < -0.4 is 5.32 Å². The van der Waals surface area contributed by atoms with Crippen LogP contribution >= 0.6 is 11.8 Å². The van der Waals surface area contributed by atoms with Crippen molar-refractivity contribution >= 4 is 11.8 Å². The normalized spacial score (nSPS) is 16.1. The summed E-state index contributed by atoms with van der Waals surface area (Å²) >= 11 is 1.75. The van der Waals surface area contributed by atoms with Gasteiger partial charge in [-0.25, -0.2) is 9.67 Å². The van der Waals surface area contributed by atoms with Crippen molar-refractivity contribution in [2.24, 2.45) is 13.0 Å². The van der Waals surface area contributed by atoms with E-state index in [0.717, 1.165) is 23.4 Å². The molecule has 1 saturated carbocycles. The van der Waals surface area contributed by atoms with E-state index in [0.29, 0.717) is 0 Å². The Balaban J connectivity index is 1.56. The van der Waals surface area contributed by atoms with Gasteiger partial charge in [0.15, 0.2) is 5.16 Å². The van der Waals surface area contributed by atoms with Gasteiger partial charge in [0.25, 0.3) is 0 Å². The minimum Gasteiger partial charge on any atom is -0.316 e. The van der Waals surface area contributed by atoms with Crippen molar-refractivity contribution in [1.82, 2.24) is 20.1 Å². The molecular formula is C9H16N4S. The predicted octanol–water partition coefficient (Wildman–Crippen LogP) is 0.907. The van der Waals surface area contributed by atoms with Crippen LogP contribution in [0.5, 0.6) is 0 Å². The zero-order valence-corrected chi connectivity index (χ0v) is 9.26. The van der Waals surface area contributed by atoms with Gasteiger partial charge in [0.1, 0.15) is 6.33 Å². The Bertz CT molecular complexity index is 282. The highest BCUT2D eigenvalue weighted by Crippen LogP contribution is 2.27. The van der Waals surface area contributed by atoms with Crippen molar-refractivity contribution in [3.05, 3.63) is 6.33 Å². The number of nitrogens with one attached hydrogen (secondary N) is 1. The van der Waals surface area contributed by atoms with Gasteiger partial charge in [0.05, 0.1) is 0 Å². The van der Waals surface area contributed by atoms with Gasteiger partial charge in [-0.1, -0.05) is 11.8 Å². The molecule has 0 spiro atoms. The van der Waals surface area contributed by atoms with Crippen molar-refractivity contribution in [1.29, 1.82) is 0 Å². The highest BCUT2D eigenvalue weighted by atomic mass is 32.2. The number of hydrogen-bond acceptors (Lipinski definition) is 4. The second-order valence-corrected chi connectivity index (χ2v) is 4.72. The molecule has 2 rings (SSSR count). The zero-order chi connectivity index (χ0) is 9.80. The van der Waals surface area contributed by atoms with E-state index in [-0.39, 0.29) is 0 Å². The van der Waals surface area contributed by atoms with E-state index in [1.54, 1.807) is 18.1 Å². The Morgan fingerprint density at radius 3 is 3.14 bits per heavy atom. The van der Waals surface area contributed by atoms with E-state index in [9.17, 15) is 0 Å². The molecule has 5 heteroatoms. The van der Waals surface area contributed by atoms with Crippen molar-refractivity contribution in [3.63, 3.8) is 0 Å². The summed E-state index contributed by atoms with van der Waals surface area (Å²) in [6.07, 6.45) is 4.44. The lowest BCUT2D eigenvalue weighted by atomic mass is 10.4. The highest BCUT2D eigenvalue weighted by Gasteiger charge is 2.19. The van der Waals surface area contributed by atoms with Crippen LogP contribution in [0.2, 0.25) is 0 Å². The van der Waals surface area contributed by atoms with Gasteiger partial charge in [0.2, 0.25) is 0 Å². The lowest BCUT2D eigenvalue weighted by Crippen LogP contribution is -2.19. The van der Waals surface area contributed by atoms with E-state index in [2.05, 4.69) is 15.4 Å². The summed E-state index contributed by atoms with van der Waals surface area (Å²) in [5.74, 6) is 2.04. The topological polar surface area (TPSA) is 42.7 Å². The number of rotatable bonds is 6. The fraction of sp³-hybridized carbons (Fsp3) is 0.778. The molecule has 0 bridgehead atoms. The van der Waals surface area contributed by atoms with Gasteiger partial charge >= 0.3 is 0 Å². The van der Waals surface area contributed by atoms with Crippen LogP contribution in [-0.4, -0.2) is 33.6 Å². The molecule has 0 atom stereocenters. The first-order chi connectivity index (χ1) is 6.86. The van der Waals surface area contributed by atoms with Crippen LogP contribution in [-0.2, 0) is 7.05 Å². The summed E-state index contributed by atoms with van der Waals surface area (Å²) in [4.78, 5) is 4.15. The molecule has 0 saturated heterocycles. The monoisotopic (exact) mass is 212 g/mol. The summed E-state index contributed by atoms with van der Waals surface area (Å²) in [6, 6.07) is 0. The van der Waals surface area contributed by atoms with E-state index in [1.807, 2.05) is 11.7 Å². The maximum absolute atomic E-state index is 4.15. The first-order valence-corrected chi connectivity index (χ1v) is 6.02. The first-order valence-electron chi connectivity index (χ1n) is 5.04. The summed E-state index contributed by atoms with van der Waals surface area (Å²) in [5, 5.41) is 8.47. The molecule has 1 aromatic rings. The van der Waals surface area contributed by atoms with Crippen LogP contribution in [0.25, 0.3) is 0 Å². The second-order valence-electron chi connectivity index (χ2n) is 3.66. The molecule has 1 fully saturated rings. The number of aromatic nitrogens is 3. The van der Waals surface area contributed by atoms with E-state index in [4.69, 9.17) is 0 Å². The van der Waals surface area contributed by atoms with Crippen molar-refractivity contribution in [2.45, 2.75) is 18.0 Å². The Kier molecular flexibility index (Phi) is 3.42. The Morgan fingerprint density at radius 2 is 2.50 bits per heavy atom. The third kappa shape index (κ3) is 2.99. The van der Waals surface area contributed by atoms with Gasteiger partial charge < -0.3 is 5.32 Å². The molecule has 0 aliphatic heterocycles. The molecule has 4 nitrogen and oxygen atoms in total.